The van der Waals surface area contributed by atoms with Gasteiger partial charge in [0, 0.05) is 39.3 Å². The van der Waals surface area contributed by atoms with Crippen molar-refractivity contribution < 1.29 is 24.2 Å². The Hall–Kier alpha value is -2.77. The van der Waals surface area contributed by atoms with E-state index >= 15 is 0 Å². The molecule has 2 aromatic carbocycles. The number of benzene rings is 2. The van der Waals surface area contributed by atoms with Crippen LogP contribution in [-0.2, 0) is 29.1 Å². The van der Waals surface area contributed by atoms with Crippen molar-refractivity contribution >= 4 is 11.9 Å². The molecule has 6 nitrogen and oxygen atoms in total. The third-order valence-corrected chi connectivity index (χ3v) is 4.80. The first-order valence-electron chi connectivity index (χ1n) is 9.60. The van der Waals surface area contributed by atoms with Gasteiger partial charge in [0.2, 0.25) is 0 Å². The zero-order valence-corrected chi connectivity index (χ0v) is 16.6. The molecule has 2 N–H and O–H groups in total. The van der Waals surface area contributed by atoms with Crippen LogP contribution in [0.4, 0.5) is 4.39 Å². The molecule has 1 heterocycles. The van der Waals surface area contributed by atoms with Crippen LogP contribution in [0.2, 0.25) is 0 Å². The second-order valence-electron chi connectivity index (χ2n) is 6.96. The number of hydrogen-bond acceptors (Lipinski definition) is 4. The number of carboxylic acid groups (broad SMARTS) is 2. The molecule has 156 valence electrons. The fourth-order valence-corrected chi connectivity index (χ4v) is 3.09. The number of piperazine rings is 1. The minimum Gasteiger partial charge on any atom is -0.473 e. The van der Waals surface area contributed by atoms with E-state index in [0.29, 0.717) is 0 Å². The fraction of sp³-hybridized carbons (Fsp3) is 0.364. The Kier molecular flexibility index (Phi) is 8.76. The lowest BCUT2D eigenvalue weighted by Crippen LogP contribution is -2.45. The lowest BCUT2D eigenvalue weighted by atomic mass is 10.1. The number of hydrogen-bond donors (Lipinski definition) is 2. The van der Waals surface area contributed by atoms with Crippen LogP contribution >= 0.6 is 0 Å². The average molecular weight is 402 g/mol. The molecule has 1 aliphatic rings. The standard InChI is InChI=1S/C20H25FN2.C2H2O4/c1-2-17-3-5-18(6-4-17)15-22-11-13-23(14-12-22)16-19-7-9-20(21)10-8-19;3-1(4)2(5)6/h3-10H,2,11-16H2,1H3;(H,3,4)(H,5,6). The Bertz CT molecular complexity index is 773. The summed E-state index contributed by atoms with van der Waals surface area (Å²) in [5.74, 6) is -3.81. The second-order valence-corrected chi connectivity index (χ2v) is 6.96. The second kappa shape index (κ2) is 11.3. The van der Waals surface area contributed by atoms with Crippen LogP contribution in [0.3, 0.4) is 0 Å². The molecule has 0 saturated carbocycles. The predicted octanol–water partition coefficient (Wildman–Crippen LogP) is 2.86. The lowest BCUT2D eigenvalue weighted by Gasteiger charge is -2.34. The maximum atomic E-state index is 13.0. The molecule has 0 spiro atoms. The molecular formula is C22H27FN2O4. The normalized spacial score (nSPS) is 14.7. The molecule has 29 heavy (non-hydrogen) atoms. The third-order valence-electron chi connectivity index (χ3n) is 4.80. The molecule has 3 rings (SSSR count). The summed E-state index contributed by atoms with van der Waals surface area (Å²) in [7, 11) is 0. The Labute approximate surface area is 170 Å². The highest BCUT2D eigenvalue weighted by atomic mass is 19.1. The molecule has 0 atom stereocenters. The average Bonchev–Trinajstić information content (AvgIpc) is 2.72. The van der Waals surface area contributed by atoms with Crippen molar-refractivity contribution in [1.29, 1.82) is 0 Å². The molecule has 2 aromatic rings. The molecule has 0 amide bonds. The van der Waals surface area contributed by atoms with E-state index in [2.05, 4.69) is 41.0 Å². The first-order valence-corrected chi connectivity index (χ1v) is 9.60. The molecule has 7 heteroatoms. The summed E-state index contributed by atoms with van der Waals surface area (Å²) in [5.41, 5.74) is 3.99. The van der Waals surface area contributed by atoms with Gasteiger partial charge < -0.3 is 10.2 Å². The molecule has 1 saturated heterocycles. The summed E-state index contributed by atoms with van der Waals surface area (Å²) >= 11 is 0. The van der Waals surface area contributed by atoms with E-state index in [4.69, 9.17) is 19.8 Å². The number of rotatable bonds is 5. The van der Waals surface area contributed by atoms with Gasteiger partial charge in [-0.25, -0.2) is 14.0 Å². The van der Waals surface area contributed by atoms with Crippen molar-refractivity contribution in [2.75, 3.05) is 26.2 Å². The fourth-order valence-electron chi connectivity index (χ4n) is 3.09. The van der Waals surface area contributed by atoms with E-state index in [9.17, 15) is 4.39 Å². The molecular weight excluding hydrogens is 375 g/mol. The van der Waals surface area contributed by atoms with Gasteiger partial charge in [-0.3, -0.25) is 9.80 Å². The first-order chi connectivity index (χ1) is 13.9. The van der Waals surface area contributed by atoms with Crippen molar-refractivity contribution in [2.45, 2.75) is 26.4 Å². The number of nitrogens with zero attached hydrogens (tertiary/aromatic N) is 2. The van der Waals surface area contributed by atoms with Gasteiger partial charge in [-0.15, -0.1) is 0 Å². The van der Waals surface area contributed by atoms with Crippen molar-refractivity contribution in [3.8, 4) is 0 Å². The minimum absolute atomic E-state index is 0.160. The Morgan fingerprint density at radius 1 is 0.759 bits per heavy atom. The summed E-state index contributed by atoms with van der Waals surface area (Å²) in [5, 5.41) is 14.8. The number of halogens is 1. The molecule has 1 aliphatic heterocycles. The zero-order valence-electron chi connectivity index (χ0n) is 16.6. The van der Waals surface area contributed by atoms with Crippen LogP contribution in [0.15, 0.2) is 48.5 Å². The number of carbonyl (C=O) groups is 2. The highest BCUT2D eigenvalue weighted by Crippen LogP contribution is 2.13. The lowest BCUT2D eigenvalue weighted by molar-refractivity contribution is -0.159. The van der Waals surface area contributed by atoms with Crippen LogP contribution in [0.5, 0.6) is 0 Å². The van der Waals surface area contributed by atoms with Crippen LogP contribution in [-0.4, -0.2) is 58.1 Å². The van der Waals surface area contributed by atoms with Crippen molar-refractivity contribution in [2.24, 2.45) is 0 Å². The maximum absolute atomic E-state index is 13.0. The van der Waals surface area contributed by atoms with E-state index in [-0.39, 0.29) is 5.82 Å². The quantitative estimate of drug-likeness (QED) is 0.749. The topological polar surface area (TPSA) is 81.1 Å². The van der Waals surface area contributed by atoms with Gasteiger partial charge in [-0.1, -0.05) is 43.3 Å². The summed E-state index contributed by atoms with van der Waals surface area (Å²) in [6, 6.07) is 15.8. The predicted molar refractivity (Wildman–Crippen MR) is 108 cm³/mol. The number of carboxylic acids is 2. The van der Waals surface area contributed by atoms with Crippen LogP contribution in [0.1, 0.15) is 23.6 Å². The van der Waals surface area contributed by atoms with E-state index < -0.39 is 11.9 Å². The van der Waals surface area contributed by atoms with Gasteiger partial charge in [0.05, 0.1) is 0 Å². The van der Waals surface area contributed by atoms with Crippen LogP contribution in [0.25, 0.3) is 0 Å². The largest absolute Gasteiger partial charge is 0.473 e. The van der Waals surface area contributed by atoms with Crippen molar-refractivity contribution in [1.82, 2.24) is 9.80 Å². The third kappa shape index (κ3) is 8.01. The summed E-state index contributed by atoms with van der Waals surface area (Å²) in [6.45, 7) is 8.48. The smallest absolute Gasteiger partial charge is 0.414 e. The summed E-state index contributed by atoms with van der Waals surface area (Å²) in [4.78, 5) is 23.2. The Balaban J connectivity index is 0.000000438. The van der Waals surface area contributed by atoms with E-state index in [1.807, 2.05) is 12.1 Å². The van der Waals surface area contributed by atoms with Gasteiger partial charge in [-0.05, 0) is 35.2 Å². The van der Waals surface area contributed by atoms with Crippen LogP contribution in [0, 0.1) is 5.82 Å². The van der Waals surface area contributed by atoms with E-state index in [1.54, 1.807) is 12.1 Å². The van der Waals surface area contributed by atoms with Crippen LogP contribution < -0.4 is 0 Å². The first kappa shape index (κ1) is 22.5. The molecule has 0 aliphatic carbocycles. The Morgan fingerprint density at radius 2 is 1.10 bits per heavy atom. The van der Waals surface area contributed by atoms with Crippen molar-refractivity contribution in [3.63, 3.8) is 0 Å². The number of aliphatic carboxylic acids is 2. The van der Waals surface area contributed by atoms with E-state index in [1.165, 1.54) is 16.7 Å². The SMILES string of the molecule is CCc1ccc(CN2CCN(Cc3ccc(F)cc3)CC2)cc1.O=C(O)C(=O)O. The Morgan fingerprint density at radius 3 is 1.45 bits per heavy atom. The van der Waals surface area contributed by atoms with Gasteiger partial charge in [0.15, 0.2) is 0 Å². The molecule has 0 bridgehead atoms. The molecule has 0 aromatic heterocycles. The number of aryl methyl sites for hydroxylation is 1. The van der Waals surface area contributed by atoms with E-state index in [0.717, 1.165) is 45.7 Å². The molecule has 0 unspecified atom stereocenters. The molecule has 1 fully saturated rings. The summed E-state index contributed by atoms with van der Waals surface area (Å²) in [6.07, 6.45) is 1.10. The monoisotopic (exact) mass is 402 g/mol. The van der Waals surface area contributed by atoms with Crippen molar-refractivity contribution in [3.05, 3.63) is 71.0 Å². The van der Waals surface area contributed by atoms with Gasteiger partial charge in [0.1, 0.15) is 5.82 Å². The highest BCUT2D eigenvalue weighted by Gasteiger charge is 2.17. The van der Waals surface area contributed by atoms with Gasteiger partial charge in [-0.2, -0.15) is 0 Å². The van der Waals surface area contributed by atoms with Gasteiger partial charge in [0.25, 0.3) is 0 Å². The highest BCUT2D eigenvalue weighted by molar-refractivity contribution is 6.27. The molecule has 0 radical (unpaired) electrons. The zero-order chi connectivity index (χ0) is 21.2. The summed E-state index contributed by atoms with van der Waals surface area (Å²) < 4.78 is 13.0. The maximum Gasteiger partial charge on any atom is 0.414 e. The van der Waals surface area contributed by atoms with Gasteiger partial charge >= 0.3 is 11.9 Å². The minimum atomic E-state index is -1.82.